The van der Waals surface area contributed by atoms with E-state index >= 15 is 0 Å². The lowest BCUT2D eigenvalue weighted by Crippen LogP contribution is -2.03. The first kappa shape index (κ1) is 19.4. The predicted molar refractivity (Wildman–Crippen MR) is 114 cm³/mol. The molecule has 0 unspecified atom stereocenters. The van der Waals surface area contributed by atoms with E-state index in [1.807, 2.05) is 36.4 Å². The summed E-state index contributed by atoms with van der Waals surface area (Å²) in [5, 5.41) is 28.1. The largest absolute Gasteiger partial charge is 0.508 e. The lowest BCUT2D eigenvalue weighted by Gasteiger charge is -2.07. The van der Waals surface area contributed by atoms with Gasteiger partial charge in [-0.05, 0) is 48.7 Å². The van der Waals surface area contributed by atoms with Crippen molar-refractivity contribution in [3.8, 4) is 28.4 Å². The summed E-state index contributed by atoms with van der Waals surface area (Å²) in [6.07, 6.45) is 3.57. The van der Waals surface area contributed by atoms with Crippen molar-refractivity contribution < 1.29 is 15.0 Å². The van der Waals surface area contributed by atoms with Crippen molar-refractivity contribution in [1.29, 1.82) is 0 Å². The maximum Gasteiger partial charge on any atom is 0.166 e. The van der Waals surface area contributed by atoms with Crippen molar-refractivity contribution in [2.45, 2.75) is 19.3 Å². The maximum absolute atomic E-state index is 12.7. The lowest BCUT2D eigenvalue weighted by atomic mass is 10.0. The zero-order valence-corrected chi connectivity index (χ0v) is 16.3. The van der Waals surface area contributed by atoms with E-state index in [0.29, 0.717) is 24.2 Å². The molecule has 0 spiro atoms. The van der Waals surface area contributed by atoms with Crippen LogP contribution in [0.4, 0.5) is 0 Å². The van der Waals surface area contributed by atoms with Crippen LogP contribution in [0.15, 0.2) is 79.0 Å². The van der Waals surface area contributed by atoms with Gasteiger partial charge in [0, 0.05) is 12.0 Å². The fraction of sp³-hybridized carbons (Fsp3) is 0.125. The van der Waals surface area contributed by atoms with Crippen molar-refractivity contribution in [3.63, 3.8) is 0 Å². The highest BCUT2D eigenvalue weighted by atomic mass is 16.3. The highest BCUT2D eigenvalue weighted by Crippen LogP contribution is 2.25. The highest BCUT2D eigenvalue weighted by molar-refractivity contribution is 5.99. The molecule has 0 aliphatic rings. The minimum Gasteiger partial charge on any atom is -0.508 e. The second-order valence-electron chi connectivity index (χ2n) is 7.06. The smallest absolute Gasteiger partial charge is 0.166 e. The quantitative estimate of drug-likeness (QED) is 0.445. The second kappa shape index (κ2) is 8.61. The van der Waals surface area contributed by atoms with Gasteiger partial charge < -0.3 is 10.2 Å². The summed E-state index contributed by atoms with van der Waals surface area (Å²) in [4.78, 5) is 12.7. The lowest BCUT2D eigenvalue weighted by molar-refractivity contribution is 0.0977. The molecule has 4 aromatic rings. The van der Waals surface area contributed by atoms with Crippen LogP contribution in [0.25, 0.3) is 16.9 Å². The van der Waals surface area contributed by atoms with Crippen LogP contribution in [-0.2, 0) is 6.42 Å². The number of hydrogen-bond donors (Lipinski definition) is 2. The summed E-state index contributed by atoms with van der Waals surface area (Å²) >= 11 is 0. The first-order valence-corrected chi connectivity index (χ1v) is 9.72. The van der Waals surface area contributed by atoms with E-state index in [0.717, 1.165) is 12.0 Å². The predicted octanol–water partition coefficient (Wildman–Crippen LogP) is 4.55. The molecule has 0 amide bonds. The third-order valence-corrected chi connectivity index (χ3v) is 4.89. The van der Waals surface area contributed by atoms with E-state index in [-0.39, 0.29) is 22.8 Å². The number of aryl methyl sites for hydroxylation is 1. The number of carbonyl (C=O) groups is 1. The average Bonchev–Trinajstić information content (AvgIpc) is 3.25. The van der Waals surface area contributed by atoms with Gasteiger partial charge in [0.1, 0.15) is 17.2 Å². The molecule has 1 heterocycles. The molecule has 6 heteroatoms. The Hall–Kier alpha value is -3.93. The second-order valence-corrected chi connectivity index (χ2v) is 7.06. The molecule has 4 rings (SSSR count). The van der Waals surface area contributed by atoms with Crippen LogP contribution in [0.1, 0.15) is 28.8 Å². The minimum absolute atomic E-state index is 0.0446. The van der Waals surface area contributed by atoms with Gasteiger partial charge >= 0.3 is 0 Å². The summed E-state index contributed by atoms with van der Waals surface area (Å²) in [5.74, 6) is -0.00884. The number of hydrogen-bond acceptors (Lipinski definition) is 5. The molecule has 6 nitrogen and oxygen atoms in total. The minimum atomic E-state index is -0.112. The third kappa shape index (κ3) is 4.38. The van der Waals surface area contributed by atoms with Gasteiger partial charge in [0.25, 0.3) is 0 Å². The van der Waals surface area contributed by atoms with Crippen LogP contribution < -0.4 is 0 Å². The molecule has 0 saturated carbocycles. The van der Waals surface area contributed by atoms with Crippen molar-refractivity contribution in [2.24, 2.45) is 0 Å². The van der Waals surface area contributed by atoms with Crippen LogP contribution in [-0.4, -0.2) is 31.0 Å². The van der Waals surface area contributed by atoms with E-state index in [1.165, 1.54) is 11.6 Å². The maximum atomic E-state index is 12.7. The topological polar surface area (TPSA) is 88.2 Å². The normalized spacial score (nSPS) is 10.8. The first-order valence-electron chi connectivity index (χ1n) is 9.72. The highest BCUT2D eigenvalue weighted by Gasteiger charge is 2.14. The van der Waals surface area contributed by atoms with Crippen molar-refractivity contribution in [1.82, 2.24) is 15.0 Å². The molecular formula is C24H21N3O3. The Balaban J connectivity index is 1.50. The van der Waals surface area contributed by atoms with Crippen molar-refractivity contribution in [2.75, 3.05) is 0 Å². The summed E-state index contributed by atoms with van der Waals surface area (Å²) in [5.41, 5.74) is 3.41. The molecule has 30 heavy (non-hydrogen) atoms. The van der Waals surface area contributed by atoms with E-state index in [2.05, 4.69) is 10.3 Å². The van der Waals surface area contributed by atoms with Crippen LogP contribution >= 0.6 is 0 Å². The number of phenols is 2. The summed E-state index contributed by atoms with van der Waals surface area (Å²) in [6.45, 7) is 0. The summed E-state index contributed by atoms with van der Waals surface area (Å²) in [7, 11) is 0. The number of carbonyl (C=O) groups excluding carboxylic acids is 1. The molecule has 0 saturated heterocycles. The van der Waals surface area contributed by atoms with E-state index in [9.17, 15) is 15.0 Å². The third-order valence-electron chi connectivity index (χ3n) is 4.89. The molecule has 2 N–H and O–H groups in total. The Bertz CT molecular complexity index is 1170. The fourth-order valence-corrected chi connectivity index (χ4v) is 3.31. The van der Waals surface area contributed by atoms with Gasteiger partial charge in [0.2, 0.25) is 0 Å². The number of rotatable bonds is 7. The fourth-order valence-electron chi connectivity index (χ4n) is 3.31. The molecular weight excluding hydrogens is 378 g/mol. The number of nitrogens with zero attached hydrogens (tertiary/aromatic N) is 3. The number of Topliss-reactive ketones (excluding diaryl/α,β-unsaturated/α-hetero) is 1. The number of aromatic nitrogens is 3. The van der Waals surface area contributed by atoms with Crippen LogP contribution in [0.5, 0.6) is 11.5 Å². The molecule has 0 fully saturated rings. The first-order chi connectivity index (χ1) is 14.6. The van der Waals surface area contributed by atoms with E-state index < -0.39 is 0 Å². The Labute approximate surface area is 174 Å². The zero-order valence-electron chi connectivity index (χ0n) is 16.3. The van der Waals surface area contributed by atoms with Crippen LogP contribution in [0.2, 0.25) is 0 Å². The standard InChI is InChI=1S/C24H21N3O3/c28-20-10-5-9-18(14-20)22-16-27(26-25-22)19-12-13-24(30)21(15-19)23(29)11-4-8-17-6-2-1-3-7-17/h1-3,5-7,9-10,12-16,28,30H,4,8,11H2. The van der Waals surface area contributed by atoms with Gasteiger partial charge in [-0.1, -0.05) is 47.7 Å². The molecule has 0 aliphatic heterocycles. The van der Waals surface area contributed by atoms with Gasteiger partial charge in [-0.2, -0.15) is 0 Å². The van der Waals surface area contributed by atoms with Gasteiger partial charge in [-0.3, -0.25) is 4.79 Å². The Morgan fingerprint density at radius 3 is 2.57 bits per heavy atom. The summed E-state index contributed by atoms with van der Waals surface area (Å²) < 4.78 is 1.54. The van der Waals surface area contributed by atoms with Gasteiger partial charge in [0.05, 0.1) is 17.4 Å². The molecule has 1 aromatic heterocycles. The monoisotopic (exact) mass is 399 g/mol. The molecule has 3 aromatic carbocycles. The Kier molecular flexibility index (Phi) is 5.57. The number of benzene rings is 3. The van der Waals surface area contributed by atoms with E-state index in [1.54, 1.807) is 41.2 Å². The summed E-state index contributed by atoms with van der Waals surface area (Å²) in [6, 6.07) is 21.6. The Morgan fingerprint density at radius 2 is 1.77 bits per heavy atom. The number of aromatic hydroxyl groups is 2. The van der Waals surface area contributed by atoms with Crippen LogP contribution in [0.3, 0.4) is 0 Å². The Morgan fingerprint density at radius 1 is 0.933 bits per heavy atom. The molecule has 150 valence electrons. The zero-order chi connectivity index (χ0) is 20.9. The number of phenolic OH excluding ortho intramolecular Hbond substituents is 2. The molecule has 0 bridgehead atoms. The SMILES string of the molecule is O=C(CCCc1ccccc1)c1cc(-n2cc(-c3cccc(O)c3)nn2)ccc1O. The molecule has 0 radical (unpaired) electrons. The molecule has 0 atom stereocenters. The van der Waals surface area contributed by atoms with Crippen LogP contribution in [0, 0.1) is 0 Å². The van der Waals surface area contributed by atoms with E-state index in [4.69, 9.17) is 0 Å². The number of ketones is 1. The van der Waals surface area contributed by atoms with Crippen molar-refractivity contribution in [3.05, 3.63) is 90.1 Å². The van der Waals surface area contributed by atoms with Gasteiger partial charge in [-0.15, -0.1) is 5.10 Å². The van der Waals surface area contributed by atoms with Gasteiger partial charge in [0.15, 0.2) is 5.78 Å². The average molecular weight is 399 g/mol. The molecule has 0 aliphatic carbocycles. The van der Waals surface area contributed by atoms with Crippen molar-refractivity contribution >= 4 is 5.78 Å². The van der Waals surface area contributed by atoms with Gasteiger partial charge in [-0.25, -0.2) is 4.68 Å².